The summed E-state index contributed by atoms with van der Waals surface area (Å²) < 4.78 is 14.1. The van der Waals surface area contributed by atoms with Gasteiger partial charge in [-0.15, -0.1) is 0 Å². The lowest BCUT2D eigenvalue weighted by molar-refractivity contribution is -0.114. The Bertz CT molecular complexity index is 927. The van der Waals surface area contributed by atoms with E-state index in [1.54, 1.807) is 6.07 Å². The first-order valence-corrected chi connectivity index (χ1v) is 8.67. The Kier molecular flexibility index (Phi) is 3.72. The van der Waals surface area contributed by atoms with E-state index in [1.165, 1.54) is 19.1 Å². The molecule has 0 saturated carbocycles. The van der Waals surface area contributed by atoms with Crippen molar-refractivity contribution in [2.45, 2.75) is 31.7 Å². The number of hydrogen-bond donors (Lipinski definition) is 3. The summed E-state index contributed by atoms with van der Waals surface area (Å²) in [5.41, 5.74) is 3.10. The Balaban J connectivity index is 1.90. The summed E-state index contributed by atoms with van der Waals surface area (Å²) in [6.45, 7) is 3.97. The second-order valence-corrected chi connectivity index (χ2v) is 7.06. The molecule has 2 aromatic rings. The second kappa shape index (κ2) is 5.83. The largest absolute Gasteiger partial charge is 0.375 e. The van der Waals surface area contributed by atoms with Gasteiger partial charge >= 0.3 is 0 Å². The third-order valence-electron chi connectivity index (χ3n) is 5.36. The molecule has 3 N–H and O–H groups in total. The smallest absolute Gasteiger partial charge is 0.251 e. The fraction of sp³-hybridized carbons (Fsp3) is 0.300. The fourth-order valence-electron chi connectivity index (χ4n) is 4.26. The summed E-state index contributed by atoms with van der Waals surface area (Å²) in [4.78, 5) is 24.0. The molecule has 2 amide bonds. The number of nitrogens with one attached hydrogen (secondary N) is 3. The van der Waals surface area contributed by atoms with Gasteiger partial charge < -0.3 is 16.0 Å². The van der Waals surface area contributed by atoms with Crippen molar-refractivity contribution in [2.75, 3.05) is 17.2 Å². The van der Waals surface area contributed by atoms with Crippen LogP contribution in [-0.4, -0.2) is 18.4 Å². The summed E-state index contributed by atoms with van der Waals surface area (Å²) in [6, 6.07) is 9.99. The van der Waals surface area contributed by atoms with Gasteiger partial charge in [-0.1, -0.05) is 6.07 Å². The number of halogens is 1. The quantitative estimate of drug-likeness (QED) is 0.775. The van der Waals surface area contributed by atoms with Crippen LogP contribution < -0.4 is 16.0 Å². The number of hydrogen-bond acceptors (Lipinski definition) is 3. The van der Waals surface area contributed by atoms with Crippen molar-refractivity contribution < 1.29 is 14.0 Å². The zero-order valence-electron chi connectivity index (χ0n) is 14.7. The Hall–Kier alpha value is -2.89. The standard InChI is InChI=1S/C20H20FN3O2/c1-11(25)23-16-7-6-12(21)10-15(16)20(2)14-8-9-22-19(26)13-4-3-5-17(24-20)18(13)14/h3-7,10,14,24H,8-9H2,1-2H3,(H,22,26)(H,23,25). The summed E-state index contributed by atoms with van der Waals surface area (Å²) in [6.07, 6.45) is 0.718. The lowest BCUT2D eigenvalue weighted by Gasteiger charge is -2.34. The predicted octanol–water partition coefficient (Wildman–Crippen LogP) is 3.34. The van der Waals surface area contributed by atoms with Gasteiger partial charge in [0.05, 0.1) is 5.54 Å². The first-order chi connectivity index (χ1) is 12.4. The lowest BCUT2D eigenvalue weighted by Crippen LogP contribution is -2.35. The van der Waals surface area contributed by atoms with Crippen LogP contribution in [0.3, 0.4) is 0 Å². The van der Waals surface area contributed by atoms with Gasteiger partial charge in [0.1, 0.15) is 5.82 Å². The van der Waals surface area contributed by atoms with E-state index < -0.39 is 5.54 Å². The molecule has 134 valence electrons. The van der Waals surface area contributed by atoms with Gasteiger partial charge in [-0.3, -0.25) is 9.59 Å². The average Bonchev–Trinajstić information content (AvgIpc) is 2.76. The van der Waals surface area contributed by atoms with Gasteiger partial charge in [0.2, 0.25) is 5.91 Å². The van der Waals surface area contributed by atoms with Crippen molar-refractivity contribution in [2.24, 2.45) is 0 Å². The first-order valence-electron chi connectivity index (χ1n) is 8.67. The van der Waals surface area contributed by atoms with Crippen molar-refractivity contribution in [3.05, 3.63) is 58.9 Å². The minimum atomic E-state index is -0.648. The highest BCUT2D eigenvalue weighted by Gasteiger charge is 2.47. The molecule has 5 nitrogen and oxygen atoms in total. The summed E-state index contributed by atoms with van der Waals surface area (Å²) in [5, 5.41) is 9.23. The predicted molar refractivity (Wildman–Crippen MR) is 97.8 cm³/mol. The minimum Gasteiger partial charge on any atom is -0.375 e. The Morgan fingerprint density at radius 3 is 2.88 bits per heavy atom. The molecule has 4 rings (SSSR count). The fourth-order valence-corrected chi connectivity index (χ4v) is 4.26. The lowest BCUT2D eigenvalue weighted by atomic mass is 9.76. The van der Waals surface area contributed by atoms with Gasteiger partial charge in [0.15, 0.2) is 0 Å². The van der Waals surface area contributed by atoms with Crippen molar-refractivity contribution in [1.29, 1.82) is 0 Å². The summed E-state index contributed by atoms with van der Waals surface area (Å²) in [7, 11) is 0. The molecule has 2 aliphatic heterocycles. The van der Waals surface area contributed by atoms with Gasteiger partial charge in [-0.05, 0) is 49.2 Å². The molecule has 6 heteroatoms. The molecular formula is C20H20FN3O2. The summed E-state index contributed by atoms with van der Waals surface area (Å²) in [5.74, 6) is -0.690. The number of rotatable bonds is 2. The maximum Gasteiger partial charge on any atom is 0.251 e. The third kappa shape index (κ3) is 2.44. The van der Waals surface area contributed by atoms with E-state index in [0.29, 0.717) is 23.4 Å². The molecule has 2 aliphatic rings. The monoisotopic (exact) mass is 353 g/mol. The van der Waals surface area contributed by atoms with Crippen LogP contribution in [0.5, 0.6) is 0 Å². The molecule has 0 aliphatic carbocycles. The van der Waals surface area contributed by atoms with Crippen LogP contribution in [0.1, 0.15) is 47.7 Å². The Morgan fingerprint density at radius 1 is 1.31 bits per heavy atom. The molecule has 0 bridgehead atoms. The highest BCUT2D eigenvalue weighted by Crippen LogP contribution is 2.53. The SMILES string of the molecule is CC(=O)Nc1ccc(F)cc1C1(C)Nc2cccc3c2C1CCNC3=O. The van der Waals surface area contributed by atoms with E-state index >= 15 is 0 Å². The molecule has 0 saturated heterocycles. The van der Waals surface area contributed by atoms with E-state index in [2.05, 4.69) is 16.0 Å². The number of amides is 2. The third-order valence-corrected chi connectivity index (χ3v) is 5.36. The van der Waals surface area contributed by atoms with E-state index in [9.17, 15) is 14.0 Å². The number of carbonyl (C=O) groups excluding carboxylic acids is 2. The molecule has 2 heterocycles. The van der Waals surface area contributed by atoms with Gasteiger partial charge in [-0.2, -0.15) is 0 Å². The number of anilines is 2. The van der Waals surface area contributed by atoms with Crippen LogP contribution in [0.4, 0.5) is 15.8 Å². The van der Waals surface area contributed by atoms with Crippen LogP contribution in [0.2, 0.25) is 0 Å². The molecule has 0 fully saturated rings. The maximum absolute atomic E-state index is 14.1. The molecule has 0 aromatic heterocycles. The molecular weight excluding hydrogens is 333 g/mol. The maximum atomic E-state index is 14.1. The van der Waals surface area contributed by atoms with E-state index in [0.717, 1.165) is 17.7 Å². The van der Waals surface area contributed by atoms with E-state index in [1.807, 2.05) is 25.1 Å². The topological polar surface area (TPSA) is 70.2 Å². The van der Waals surface area contributed by atoms with Gasteiger partial charge in [0.25, 0.3) is 5.91 Å². The normalized spacial score (nSPS) is 23.5. The van der Waals surface area contributed by atoms with Crippen molar-refractivity contribution in [3.63, 3.8) is 0 Å². The molecule has 26 heavy (non-hydrogen) atoms. The minimum absolute atomic E-state index is 0.0260. The first kappa shape index (κ1) is 16.6. The molecule has 2 aromatic carbocycles. The Morgan fingerprint density at radius 2 is 2.12 bits per heavy atom. The van der Waals surface area contributed by atoms with E-state index in [4.69, 9.17) is 0 Å². The van der Waals surface area contributed by atoms with Crippen LogP contribution in [0, 0.1) is 5.82 Å². The van der Waals surface area contributed by atoms with Gasteiger partial charge in [-0.25, -0.2) is 4.39 Å². The van der Waals surface area contributed by atoms with Crippen LogP contribution in [0.15, 0.2) is 36.4 Å². The number of carbonyl (C=O) groups is 2. The average molecular weight is 353 g/mol. The molecule has 2 atom stereocenters. The van der Waals surface area contributed by atoms with Gasteiger partial charge in [0, 0.05) is 41.9 Å². The highest BCUT2D eigenvalue weighted by molar-refractivity contribution is 5.99. The van der Waals surface area contributed by atoms with Crippen LogP contribution in [-0.2, 0) is 10.3 Å². The van der Waals surface area contributed by atoms with Crippen molar-refractivity contribution in [1.82, 2.24) is 5.32 Å². The van der Waals surface area contributed by atoms with Crippen molar-refractivity contribution >= 4 is 23.2 Å². The Labute approximate surface area is 151 Å². The molecule has 0 spiro atoms. The zero-order chi connectivity index (χ0) is 18.5. The highest BCUT2D eigenvalue weighted by atomic mass is 19.1. The molecule has 2 unspecified atom stereocenters. The number of benzene rings is 2. The van der Waals surface area contributed by atoms with Crippen LogP contribution in [0.25, 0.3) is 0 Å². The van der Waals surface area contributed by atoms with Crippen molar-refractivity contribution in [3.8, 4) is 0 Å². The summed E-state index contributed by atoms with van der Waals surface area (Å²) >= 11 is 0. The van der Waals surface area contributed by atoms with Crippen LogP contribution >= 0.6 is 0 Å². The molecule has 0 radical (unpaired) electrons. The van der Waals surface area contributed by atoms with E-state index in [-0.39, 0.29) is 23.5 Å². The zero-order valence-corrected chi connectivity index (χ0v) is 14.7. The second-order valence-electron chi connectivity index (χ2n) is 7.06.